The Hall–Kier alpha value is -3.10. The van der Waals surface area contributed by atoms with Crippen LogP contribution in [-0.2, 0) is 13.0 Å². The van der Waals surface area contributed by atoms with Crippen LogP contribution in [0.3, 0.4) is 0 Å². The Morgan fingerprint density at radius 3 is 2.43 bits per heavy atom. The Morgan fingerprint density at radius 1 is 0.976 bits per heavy atom. The molecule has 0 bridgehead atoms. The zero-order valence-corrected chi connectivity index (χ0v) is 24.1. The van der Waals surface area contributed by atoms with Gasteiger partial charge in [-0.3, -0.25) is 4.90 Å². The Morgan fingerprint density at radius 2 is 1.71 bits per heavy atom. The standard InChI is InChI=1S/C34H39F4N3O/c1-23-16-25-17-27(42-21-24-6-3-2-4-7-24)8-9-28(25)33(41(23)20-31(37)38)32-29(35)18-26(19-30(32)36)40-15-5-10-34(22-40)11-13-39-14-12-34/h2-4,6-9,17-19,23,31,33,39H,5,10-16,20-22H2,1H3/t23-,33?/m1/s1. The highest BCUT2D eigenvalue weighted by atomic mass is 19.3. The van der Waals surface area contributed by atoms with Crippen molar-refractivity contribution in [2.24, 2.45) is 5.41 Å². The van der Waals surface area contributed by atoms with Gasteiger partial charge in [0.05, 0.1) is 12.6 Å². The molecular weight excluding hydrogens is 542 g/mol. The first-order valence-electron chi connectivity index (χ1n) is 15.1. The number of ether oxygens (including phenoxy) is 1. The van der Waals surface area contributed by atoms with Crippen molar-refractivity contribution in [1.82, 2.24) is 10.2 Å². The van der Waals surface area contributed by atoms with E-state index in [0.29, 0.717) is 30.0 Å². The van der Waals surface area contributed by atoms with Crippen molar-refractivity contribution in [3.8, 4) is 5.75 Å². The van der Waals surface area contributed by atoms with E-state index in [9.17, 15) is 8.78 Å². The second-order valence-corrected chi connectivity index (χ2v) is 12.3. The van der Waals surface area contributed by atoms with Gasteiger partial charge in [0.2, 0.25) is 0 Å². The fourth-order valence-corrected chi connectivity index (χ4v) is 7.30. The Bertz CT molecular complexity index is 1350. The molecule has 2 atom stereocenters. The molecule has 8 heteroatoms. The lowest BCUT2D eigenvalue weighted by molar-refractivity contribution is 0.0444. The van der Waals surface area contributed by atoms with Crippen LogP contribution in [0.15, 0.2) is 60.7 Å². The molecule has 1 spiro atoms. The molecule has 0 saturated carbocycles. The van der Waals surface area contributed by atoms with Crippen LogP contribution in [-0.4, -0.2) is 50.1 Å². The first kappa shape index (κ1) is 29.0. The topological polar surface area (TPSA) is 27.7 Å². The number of alkyl halides is 2. The van der Waals surface area contributed by atoms with Gasteiger partial charge in [-0.15, -0.1) is 0 Å². The van der Waals surface area contributed by atoms with E-state index in [1.165, 1.54) is 12.1 Å². The van der Waals surface area contributed by atoms with Crippen molar-refractivity contribution in [3.05, 3.63) is 94.6 Å². The number of fused-ring (bicyclic) bond motifs is 1. The van der Waals surface area contributed by atoms with E-state index in [-0.39, 0.29) is 17.0 Å². The molecule has 1 N–H and O–H groups in total. The van der Waals surface area contributed by atoms with Crippen LogP contribution in [0.25, 0.3) is 0 Å². The molecule has 6 rings (SSSR count). The molecule has 3 aromatic carbocycles. The van der Waals surface area contributed by atoms with Gasteiger partial charge in [0, 0.05) is 30.4 Å². The lowest BCUT2D eigenvalue weighted by Crippen LogP contribution is -2.48. The molecule has 1 unspecified atom stereocenters. The molecule has 2 saturated heterocycles. The average molecular weight is 582 g/mol. The van der Waals surface area contributed by atoms with Crippen molar-refractivity contribution < 1.29 is 22.3 Å². The maximum Gasteiger partial charge on any atom is 0.251 e. The number of piperidine rings is 2. The summed E-state index contributed by atoms with van der Waals surface area (Å²) in [5, 5.41) is 3.42. The van der Waals surface area contributed by atoms with Crippen LogP contribution >= 0.6 is 0 Å². The summed E-state index contributed by atoms with van der Waals surface area (Å²) in [5.74, 6) is -0.744. The van der Waals surface area contributed by atoms with E-state index in [1.54, 1.807) is 17.0 Å². The second-order valence-electron chi connectivity index (χ2n) is 12.3. The lowest BCUT2D eigenvalue weighted by atomic mass is 9.73. The SMILES string of the molecule is C[C@@H]1Cc2cc(OCc3ccccc3)ccc2C(c2c(F)cc(N3CCCC4(CCNCC4)C3)cc2F)N1CC(F)F. The maximum atomic E-state index is 16.1. The highest BCUT2D eigenvalue weighted by molar-refractivity contribution is 5.53. The third-order valence-corrected chi connectivity index (χ3v) is 9.45. The van der Waals surface area contributed by atoms with E-state index in [4.69, 9.17) is 4.74 Å². The second kappa shape index (κ2) is 12.3. The van der Waals surface area contributed by atoms with Gasteiger partial charge in [0.25, 0.3) is 6.43 Å². The quantitative estimate of drug-likeness (QED) is 0.301. The zero-order chi connectivity index (χ0) is 29.3. The Labute approximate surface area is 245 Å². The van der Waals surface area contributed by atoms with Crippen LogP contribution < -0.4 is 15.0 Å². The molecule has 4 nitrogen and oxygen atoms in total. The van der Waals surface area contributed by atoms with Crippen molar-refractivity contribution in [2.75, 3.05) is 37.6 Å². The Kier molecular flexibility index (Phi) is 8.46. The molecular formula is C34H39F4N3O. The summed E-state index contributed by atoms with van der Waals surface area (Å²) in [5.41, 5.74) is 3.04. The van der Waals surface area contributed by atoms with Gasteiger partial charge in [-0.05, 0) is 98.5 Å². The first-order valence-corrected chi connectivity index (χ1v) is 15.1. The summed E-state index contributed by atoms with van der Waals surface area (Å²) in [6.07, 6.45) is 2.07. The minimum atomic E-state index is -2.63. The summed E-state index contributed by atoms with van der Waals surface area (Å²) in [4.78, 5) is 3.65. The maximum absolute atomic E-state index is 16.1. The van der Waals surface area contributed by atoms with Crippen molar-refractivity contribution in [2.45, 2.75) is 64.1 Å². The third kappa shape index (κ3) is 6.02. The molecule has 0 amide bonds. The fourth-order valence-electron chi connectivity index (χ4n) is 7.30. The summed E-state index contributed by atoms with van der Waals surface area (Å²) in [7, 11) is 0. The molecule has 3 heterocycles. The van der Waals surface area contributed by atoms with E-state index in [1.807, 2.05) is 43.3 Å². The predicted octanol–water partition coefficient (Wildman–Crippen LogP) is 7.11. The third-order valence-electron chi connectivity index (χ3n) is 9.45. The van der Waals surface area contributed by atoms with E-state index >= 15 is 8.78 Å². The van der Waals surface area contributed by atoms with Crippen molar-refractivity contribution in [1.29, 1.82) is 0 Å². The number of anilines is 1. The van der Waals surface area contributed by atoms with Gasteiger partial charge < -0.3 is 15.0 Å². The lowest BCUT2D eigenvalue weighted by Gasteiger charge is -2.46. The highest BCUT2D eigenvalue weighted by Crippen LogP contribution is 2.44. The number of hydrogen-bond donors (Lipinski definition) is 1. The molecule has 224 valence electrons. The summed E-state index contributed by atoms with van der Waals surface area (Å²) in [6, 6.07) is 16.7. The minimum absolute atomic E-state index is 0.168. The number of nitrogens with one attached hydrogen (secondary N) is 1. The largest absolute Gasteiger partial charge is 0.489 e. The van der Waals surface area contributed by atoms with Crippen LogP contribution in [0.5, 0.6) is 5.75 Å². The smallest absolute Gasteiger partial charge is 0.251 e. The summed E-state index contributed by atoms with van der Waals surface area (Å²) >= 11 is 0. The van der Waals surface area contributed by atoms with Crippen molar-refractivity contribution >= 4 is 5.69 Å². The van der Waals surface area contributed by atoms with Gasteiger partial charge in [-0.25, -0.2) is 17.6 Å². The first-order chi connectivity index (χ1) is 20.3. The number of nitrogens with zero attached hydrogens (tertiary/aromatic N) is 2. The van der Waals surface area contributed by atoms with Crippen molar-refractivity contribution in [3.63, 3.8) is 0 Å². The molecule has 0 aromatic heterocycles. The van der Waals surface area contributed by atoms with Crippen LogP contribution in [0, 0.1) is 17.0 Å². The van der Waals surface area contributed by atoms with Gasteiger partial charge in [0.15, 0.2) is 0 Å². The van der Waals surface area contributed by atoms with Crippen LogP contribution in [0.4, 0.5) is 23.2 Å². The average Bonchev–Trinajstić information content (AvgIpc) is 2.98. The van der Waals surface area contributed by atoms with Crippen LogP contribution in [0.2, 0.25) is 0 Å². The monoisotopic (exact) mass is 581 g/mol. The van der Waals surface area contributed by atoms with Gasteiger partial charge in [-0.1, -0.05) is 36.4 Å². The summed E-state index contributed by atoms with van der Waals surface area (Å²) < 4.78 is 65.8. The summed E-state index contributed by atoms with van der Waals surface area (Å²) in [6.45, 7) is 5.11. The number of halogens is 4. The van der Waals surface area contributed by atoms with Gasteiger partial charge >= 0.3 is 0 Å². The number of rotatable bonds is 7. The van der Waals surface area contributed by atoms with Gasteiger partial charge in [-0.2, -0.15) is 0 Å². The minimum Gasteiger partial charge on any atom is -0.489 e. The van der Waals surface area contributed by atoms with E-state index in [2.05, 4.69) is 10.2 Å². The van der Waals surface area contributed by atoms with Gasteiger partial charge in [0.1, 0.15) is 24.0 Å². The molecule has 3 aliphatic rings. The predicted molar refractivity (Wildman–Crippen MR) is 157 cm³/mol. The molecule has 3 aromatic rings. The molecule has 0 radical (unpaired) electrons. The molecule has 3 aliphatic heterocycles. The van der Waals surface area contributed by atoms with E-state index < -0.39 is 30.6 Å². The highest BCUT2D eigenvalue weighted by Gasteiger charge is 2.40. The van der Waals surface area contributed by atoms with E-state index in [0.717, 1.165) is 63.0 Å². The number of benzene rings is 3. The normalized spacial score (nSPS) is 22.4. The van der Waals surface area contributed by atoms with Crippen LogP contribution in [0.1, 0.15) is 60.9 Å². The molecule has 0 aliphatic carbocycles. The Balaban J connectivity index is 1.32. The molecule has 42 heavy (non-hydrogen) atoms. The molecule has 2 fully saturated rings. The zero-order valence-electron chi connectivity index (χ0n) is 24.1. The fraction of sp³-hybridized carbons (Fsp3) is 0.471. The number of hydrogen-bond acceptors (Lipinski definition) is 4.